The molecule has 0 unspecified atom stereocenters. The quantitative estimate of drug-likeness (QED) is 0.585. The molecule has 3 rings (SSSR count). The number of hydrogen-bond acceptors (Lipinski definition) is 2. The molecule has 118 valence electrons. The molecular weight excluding hydrogens is 286 g/mol. The predicted octanol–water partition coefficient (Wildman–Crippen LogP) is 3.99. The Bertz CT molecular complexity index is 884. The third-order valence-corrected chi connectivity index (χ3v) is 4.42. The summed E-state index contributed by atoms with van der Waals surface area (Å²) in [5.74, 6) is -0.0610. The highest BCUT2D eigenvalue weighted by Crippen LogP contribution is 2.32. The Labute approximate surface area is 136 Å². The Hall–Kier alpha value is -2.39. The molecule has 0 aliphatic heterocycles. The fourth-order valence-electron chi connectivity index (χ4n) is 3.12. The van der Waals surface area contributed by atoms with E-state index in [1.807, 2.05) is 12.1 Å². The molecule has 0 aromatic heterocycles. The maximum absolute atomic E-state index is 12.3. The summed E-state index contributed by atoms with van der Waals surface area (Å²) in [7, 11) is 1.62. The van der Waals surface area contributed by atoms with Gasteiger partial charge in [-0.15, -0.1) is 0 Å². The van der Waals surface area contributed by atoms with Crippen molar-refractivity contribution >= 4 is 27.5 Å². The zero-order valence-corrected chi connectivity index (χ0v) is 13.8. The number of aryl methyl sites for hydroxylation is 2. The molecule has 0 spiro atoms. The van der Waals surface area contributed by atoms with Crippen molar-refractivity contribution in [2.24, 2.45) is 0 Å². The highest BCUT2D eigenvalue weighted by molar-refractivity contribution is 6.08. The molecule has 3 heteroatoms. The van der Waals surface area contributed by atoms with Crippen molar-refractivity contribution in [3.05, 3.63) is 59.2 Å². The van der Waals surface area contributed by atoms with E-state index < -0.39 is 0 Å². The van der Waals surface area contributed by atoms with Crippen molar-refractivity contribution in [1.29, 1.82) is 0 Å². The molecule has 0 fully saturated rings. The molecule has 3 aromatic rings. The van der Waals surface area contributed by atoms with E-state index in [4.69, 9.17) is 4.74 Å². The largest absolute Gasteiger partial charge is 0.383 e. The van der Waals surface area contributed by atoms with Gasteiger partial charge in [-0.05, 0) is 58.7 Å². The normalized spacial score (nSPS) is 11.1. The topological polar surface area (TPSA) is 38.3 Å². The predicted molar refractivity (Wildman–Crippen MR) is 95.1 cm³/mol. The molecule has 0 bridgehead atoms. The van der Waals surface area contributed by atoms with E-state index in [-0.39, 0.29) is 5.91 Å². The smallest absolute Gasteiger partial charge is 0.251 e. The van der Waals surface area contributed by atoms with Gasteiger partial charge in [0.1, 0.15) is 0 Å². The molecule has 3 aromatic carbocycles. The van der Waals surface area contributed by atoms with Crippen molar-refractivity contribution in [3.63, 3.8) is 0 Å². The molecule has 0 saturated carbocycles. The van der Waals surface area contributed by atoms with Gasteiger partial charge in [0, 0.05) is 19.2 Å². The molecule has 1 amide bonds. The lowest BCUT2D eigenvalue weighted by Gasteiger charge is -2.13. The monoisotopic (exact) mass is 307 g/mol. The van der Waals surface area contributed by atoms with E-state index in [2.05, 4.69) is 49.5 Å². The summed E-state index contributed by atoms with van der Waals surface area (Å²) in [6, 6.07) is 14.4. The van der Waals surface area contributed by atoms with Gasteiger partial charge in [0.2, 0.25) is 0 Å². The highest BCUT2D eigenvalue weighted by Gasteiger charge is 2.11. The van der Waals surface area contributed by atoms with Crippen LogP contribution in [0.2, 0.25) is 0 Å². The summed E-state index contributed by atoms with van der Waals surface area (Å²) in [5, 5.41) is 7.73. The van der Waals surface area contributed by atoms with Crippen LogP contribution in [0, 0.1) is 13.8 Å². The first-order valence-corrected chi connectivity index (χ1v) is 7.82. The first kappa shape index (κ1) is 15.5. The van der Waals surface area contributed by atoms with Crippen LogP contribution in [-0.2, 0) is 4.74 Å². The number of ether oxygens (including phenoxy) is 1. The van der Waals surface area contributed by atoms with Crippen LogP contribution < -0.4 is 5.32 Å². The summed E-state index contributed by atoms with van der Waals surface area (Å²) >= 11 is 0. The minimum atomic E-state index is -0.0610. The standard InChI is InChI=1S/C20H21NO2/c1-13-16-6-4-5-7-17(16)14(2)19-12-15(8-9-18(13)19)20(22)21-10-11-23-3/h4-9,12H,10-11H2,1-3H3,(H,21,22). The lowest BCUT2D eigenvalue weighted by molar-refractivity contribution is 0.0937. The van der Waals surface area contributed by atoms with Crippen LogP contribution in [0.4, 0.5) is 0 Å². The van der Waals surface area contributed by atoms with Gasteiger partial charge in [-0.25, -0.2) is 0 Å². The lowest BCUT2D eigenvalue weighted by atomic mass is 9.92. The molecule has 3 nitrogen and oxygen atoms in total. The Morgan fingerprint density at radius 3 is 2.22 bits per heavy atom. The fraction of sp³-hybridized carbons (Fsp3) is 0.250. The van der Waals surface area contributed by atoms with E-state index in [0.29, 0.717) is 18.7 Å². The second-order valence-electron chi connectivity index (χ2n) is 5.80. The molecule has 0 saturated heterocycles. The highest BCUT2D eigenvalue weighted by atomic mass is 16.5. The van der Waals surface area contributed by atoms with Gasteiger partial charge in [0.15, 0.2) is 0 Å². The zero-order chi connectivity index (χ0) is 16.4. The van der Waals surface area contributed by atoms with E-state index in [1.165, 1.54) is 27.3 Å². The van der Waals surface area contributed by atoms with Crippen LogP contribution in [0.3, 0.4) is 0 Å². The van der Waals surface area contributed by atoms with Crippen molar-refractivity contribution in [2.45, 2.75) is 13.8 Å². The third kappa shape index (κ3) is 2.80. The Kier molecular flexibility index (Phi) is 4.30. The summed E-state index contributed by atoms with van der Waals surface area (Å²) in [5.41, 5.74) is 3.16. The first-order valence-electron chi connectivity index (χ1n) is 7.82. The minimum Gasteiger partial charge on any atom is -0.383 e. The van der Waals surface area contributed by atoms with E-state index >= 15 is 0 Å². The zero-order valence-electron chi connectivity index (χ0n) is 13.8. The molecule has 0 aliphatic rings. The average Bonchev–Trinajstić information content (AvgIpc) is 2.59. The molecule has 0 atom stereocenters. The minimum absolute atomic E-state index is 0.0610. The molecule has 0 heterocycles. The van der Waals surface area contributed by atoms with E-state index in [9.17, 15) is 4.79 Å². The number of carbonyl (C=O) groups excluding carboxylic acids is 1. The van der Waals surface area contributed by atoms with Crippen LogP contribution in [0.1, 0.15) is 21.5 Å². The van der Waals surface area contributed by atoms with Crippen molar-refractivity contribution in [1.82, 2.24) is 5.32 Å². The van der Waals surface area contributed by atoms with E-state index in [1.54, 1.807) is 7.11 Å². The first-order chi connectivity index (χ1) is 11.1. The summed E-state index contributed by atoms with van der Waals surface area (Å²) < 4.78 is 4.97. The van der Waals surface area contributed by atoms with Gasteiger partial charge in [-0.2, -0.15) is 0 Å². The summed E-state index contributed by atoms with van der Waals surface area (Å²) in [6.45, 7) is 5.30. The van der Waals surface area contributed by atoms with Crippen molar-refractivity contribution in [3.8, 4) is 0 Å². The van der Waals surface area contributed by atoms with Gasteiger partial charge < -0.3 is 10.1 Å². The second kappa shape index (κ2) is 6.39. The van der Waals surface area contributed by atoms with Crippen molar-refractivity contribution in [2.75, 3.05) is 20.3 Å². The average molecular weight is 307 g/mol. The molecular formula is C20H21NO2. The lowest BCUT2D eigenvalue weighted by Crippen LogP contribution is -2.26. The number of nitrogens with one attached hydrogen (secondary N) is 1. The molecule has 0 radical (unpaired) electrons. The van der Waals surface area contributed by atoms with E-state index in [0.717, 1.165) is 5.39 Å². The maximum atomic E-state index is 12.3. The fourth-order valence-corrected chi connectivity index (χ4v) is 3.12. The number of amides is 1. The van der Waals surface area contributed by atoms with Crippen LogP contribution in [0.15, 0.2) is 42.5 Å². The second-order valence-corrected chi connectivity index (χ2v) is 5.80. The number of carbonyl (C=O) groups is 1. The number of rotatable bonds is 4. The van der Waals surface area contributed by atoms with Gasteiger partial charge in [0.05, 0.1) is 6.61 Å². The van der Waals surface area contributed by atoms with Crippen molar-refractivity contribution < 1.29 is 9.53 Å². The van der Waals surface area contributed by atoms with Gasteiger partial charge in [-0.1, -0.05) is 30.3 Å². The summed E-state index contributed by atoms with van der Waals surface area (Å²) in [6.07, 6.45) is 0. The number of hydrogen-bond donors (Lipinski definition) is 1. The molecule has 0 aliphatic carbocycles. The number of benzene rings is 3. The SMILES string of the molecule is COCCNC(=O)c1ccc2c(C)c3ccccc3c(C)c2c1. The Morgan fingerprint density at radius 2 is 1.57 bits per heavy atom. The van der Waals surface area contributed by atoms with Gasteiger partial charge >= 0.3 is 0 Å². The van der Waals surface area contributed by atoms with Crippen LogP contribution in [0.5, 0.6) is 0 Å². The molecule has 23 heavy (non-hydrogen) atoms. The van der Waals surface area contributed by atoms with Gasteiger partial charge in [-0.3, -0.25) is 4.79 Å². The Balaban J connectivity index is 2.11. The van der Waals surface area contributed by atoms with Gasteiger partial charge in [0.25, 0.3) is 5.91 Å². The maximum Gasteiger partial charge on any atom is 0.251 e. The number of methoxy groups -OCH3 is 1. The molecule has 1 N–H and O–H groups in total. The Morgan fingerprint density at radius 1 is 0.957 bits per heavy atom. The van der Waals surface area contributed by atoms with Crippen LogP contribution >= 0.6 is 0 Å². The summed E-state index contributed by atoms with van der Waals surface area (Å²) in [4.78, 5) is 12.3. The third-order valence-electron chi connectivity index (χ3n) is 4.42. The van der Waals surface area contributed by atoms with Crippen LogP contribution in [-0.4, -0.2) is 26.2 Å². The van der Waals surface area contributed by atoms with Crippen LogP contribution in [0.25, 0.3) is 21.5 Å². The number of fused-ring (bicyclic) bond motifs is 2.